The Balaban J connectivity index is 2.40. The largest absolute Gasteiger partial charge is 0.493 e. The highest BCUT2D eigenvalue weighted by Gasteiger charge is 2.31. The van der Waals surface area contributed by atoms with Gasteiger partial charge in [-0.2, -0.15) is 0 Å². The summed E-state index contributed by atoms with van der Waals surface area (Å²) in [7, 11) is 1.45. The number of esters is 1. The Morgan fingerprint density at radius 2 is 2.04 bits per heavy atom. The summed E-state index contributed by atoms with van der Waals surface area (Å²) in [5.41, 5.74) is 1.69. The van der Waals surface area contributed by atoms with Crippen molar-refractivity contribution >= 4 is 29.3 Å². The molecule has 0 spiro atoms. The molecule has 2 rings (SSSR count). The van der Waals surface area contributed by atoms with Crippen LogP contribution < -0.4 is 20.1 Å². The Kier molecular flexibility index (Phi) is 6.40. The minimum atomic E-state index is -1.09. The quantitative estimate of drug-likeness (QED) is 0.479. The molecule has 0 aliphatic carbocycles. The second-order valence-corrected chi connectivity index (χ2v) is 5.79. The van der Waals surface area contributed by atoms with Crippen LogP contribution in [0.2, 0.25) is 0 Å². The molecule has 26 heavy (non-hydrogen) atoms. The molecule has 1 aliphatic heterocycles. The van der Waals surface area contributed by atoms with Gasteiger partial charge < -0.3 is 30.0 Å². The first-order valence-corrected chi connectivity index (χ1v) is 8.26. The number of carbonyl (C=O) groups excluding carboxylic acids is 1. The van der Waals surface area contributed by atoms with Gasteiger partial charge in [-0.15, -0.1) is 0 Å². The summed E-state index contributed by atoms with van der Waals surface area (Å²) in [6.07, 6.45) is 0. The van der Waals surface area contributed by atoms with E-state index in [1.54, 1.807) is 32.0 Å². The van der Waals surface area contributed by atoms with Crippen molar-refractivity contribution in [3.63, 3.8) is 0 Å². The van der Waals surface area contributed by atoms with E-state index >= 15 is 0 Å². The van der Waals surface area contributed by atoms with Crippen molar-refractivity contribution in [1.82, 2.24) is 10.6 Å². The maximum absolute atomic E-state index is 12.4. The standard InChI is InChI=1S/C17H20N2O6S/c1-4-24-16(22)14-9(2)18-17(26)19-15(14)10-5-6-11(12(7-10)23-3)25-8-13(20)21/h5-7,15H,4,8H2,1-3H3,(H,20,21)(H2,18,19,26)/t15-/m0/s1. The summed E-state index contributed by atoms with van der Waals surface area (Å²) in [6.45, 7) is 3.24. The summed E-state index contributed by atoms with van der Waals surface area (Å²) in [5.74, 6) is -0.920. The summed E-state index contributed by atoms with van der Waals surface area (Å²) in [4.78, 5) is 23.1. The Labute approximate surface area is 156 Å². The number of carboxylic acid groups (broad SMARTS) is 1. The number of rotatable bonds is 7. The summed E-state index contributed by atoms with van der Waals surface area (Å²) in [5, 5.41) is 15.1. The number of thiocarbonyl (C=S) groups is 1. The van der Waals surface area contributed by atoms with Crippen molar-refractivity contribution in [2.75, 3.05) is 20.3 Å². The summed E-state index contributed by atoms with van der Waals surface area (Å²) >= 11 is 5.19. The first-order valence-electron chi connectivity index (χ1n) is 7.85. The molecule has 0 bridgehead atoms. The van der Waals surface area contributed by atoms with E-state index in [1.807, 2.05) is 0 Å². The zero-order valence-electron chi connectivity index (χ0n) is 14.6. The molecule has 0 radical (unpaired) electrons. The van der Waals surface area contributed by atoms with Crippen molar-refractivity contribution < 1.29 is 28.9 Å². The van der Waals surface area contributed by atoms with E-state index in [9.17, 15) is 9.59 Å². The van der Waals surface area contributed by atoms with Gasteiger partial charge in [0.2, 0.25) is 0 Å². The van der Waals surface area contributed by atoms with Crippen LogP contribution in [-0.4, -0.2) is 42.5 Å². The minimum absolute atomic E-state index is 0.248. The number of carbonyl (C=O) groups is 2. The van der Waals surface area contributed by atoms with Crippen LogP contribution in [0.15, 0.2) is 29.5 Å². The average Bonchev–Trinajstić information content (AvgIpc) is 2.59. The van der Waals surface area contributed by atoms with Gasteiger partial charge in [-0.3, -0.25) is 0 Å². The summed E-state index contributed by atoms with van der Waals surface area (Å²) < 4.78 is 15.6. The molecule has 0 fully saturated rings. The van der Waals surface area contributed by atoms with Gasteiger partial charge in [0, 0.05) is 5.70 Å². The van der Waals surface area contributed by atoms with E-state index in [4.69, 9.17) is 31.5 Å². The van der Waals surface area contributed by atoms with Gasteiger partial charge >= 0.3 is 11.9 Å². The third kappa shape index (κ3) is 4.42. The smallest absolute Gasteiger partial charge is 0.341 e. The van der Waals surface area contributed by atoms with Crippen molar-refractivity contribution in [2.45, 2.75) is 19.9 Å². The molecule has 1 heterocycles. The van der Waals surface area contributed by atoms with Crippen LogP contribution in [0.5, 0.6) is 11.5 Å². The van der Waals surface area contributed by atoms with Gasteiger partial charge in [0.25, 0.3) is 0 Å². The lowest BCUT2D eigenvalue weighted by Crippen LogP contribution is -2.45. The molecule has 0 unspecified atom stereocenters. The molecule has 8 nitrogen and oxygen atoms in total. The molecule has 1 aromatic carbocycles. The molecule has 0 amide bonds. The predicted octanol–water partition coefficient (Wildman–Crippen LogP) is 1.51. The Morgan fingerprint density at radius 1 is 1.31 bits per heavy atom. The Morgan fingerprint density at radius 3 is 2.65 bits per heavy atom. The van der Waals surface area contributed by atoms with E-state index in [-0.39, 0.29) is 12.4 Å². The van der Waals surface area contributed by atoms with Crippen molar-refractivity contribution in [2.24, 2.45) is 0 Å². The normalized spacial score (nSPS) is 16.4. The molecule has 9 heteroatoms. The van der Waals surface area contributed by atoms with Gasteiger partial charge in [0.05, 0.1) is 25.3 Å². The number of carboxylic acids is 1. The second kappa shape index (κ2) is 8.52. The van der Waals surface area contributed by atoms with Crippen molar-refractivity contribution in [3.8, 4) is 11.5 Å². The van der Waals surface area contributed by atoms with Crippen LogP contribution in [0.25, 0.3) is 0 Å². The monoisotopic (exact) mass is 380 g/mol. The molecule has 1 aromatic rings. The van der Waals surface area contributed by atoms with Crippen molar-refractivity contribution in [1.29, 1.82) is 0 Å². The maximum Gasteiger partial charge on any atom is 0.341 e. The number of benzene rings is 1. The van der Waals surface area contributed by atoms with Crippen LogP contribution in [0.1, 0.15) is 25.5 Å². The molecule has 0 aromatic heterocycles. The topological polar surface area (TPSA) is 106 Å². The highest BCUT2D eigenvalue weighted by atomic mass is 32.1. The molecule has 140 valence electrons. The molecule has 1 atom stereocenters. The van der Waals surface area contributed by atoms with Crippen LogP contribution in [-0.2, 0) is 14.3 Å². The first-order chi connectivity index (χ1) is 12.4. The lowest BCUT2D eigenvalue weighted by Gasteiger charge is -2.30. The summed E-state index contributed by atoms with van der Waals surface area (Å²) in [6, 6.07) is 4.42. The van der Waals surface area contributed by atoms with E-state index < -0.39 is 24.6 Å². The Hall–Kier alpha value is -2.81. The van der Waals surface area contributed by atoms with Gasteiger partial charge in [0.1, 0.15) is 0 Å². The fraction of sp³-hybridized carbons (Fsp3) is 0.353. The van der Waals surface area contributed by atoms with E-state index in [0.717, 1.165) is 0 Å². The number of hydrogen-bond acceptors (Lipinski definition) is 6. The third-order valence-electron chi connectivity index (χ3n) is 3.64. The predicted molar refractivity (Wildman–Crippen MR) is 97.1 cm³/mol. The average molecular weight is 380 g/mol. The first kappa shape index (κ1) is 19.5. The van der Waals surface area contributed by atoms with E-state index in [2.05, 4.69) is 10.6 Å². The number of methoxy groups -OCH3 is 1. The number of allylic oxidation sites excluding steroid dienone is 1. The third-order valence-corrected chi connectivity index (χ3v) is 3.86. The Bertz CT molecular complexity index is 762. The minimum Gasteiger partial charge on any atom is -0.493 e. The zero-order valence-corrected chi connectivity index (χ0v) is 15.4. The molecule has 0 saturated carbocycles. The van der Waals surface area contributed by atoms with Crippen LogP contribution in [0.3, 0.4) is 0 Å². The SMILES string of the molecule is CCOC(=O)C1=C(C)NC(=S)N[C@H]1c1ccc(OCC(=O)O)c(OC)c1. The van der Waals surface area contributed by atoms with E-state index in [0.29, 0.717) is 27.7 Å². The zero-order chi connectivity index (χ0) is 19.3. The maximum atomic E-state index is 12.4. The lowest BCUT2D eigenvalue weighted by molar-refractivity contribution is -0.140. The molecule has 0 saturated heterocycles. The van der Waals surface area contributed by atoms with Gasteiger partial charge in [-0.1, -0.05) is 6.07 Å². The van der Waals surface area contributed by atoms with E-state index in [1.165, 1.54) is 7.11 Å². The number of ether oxygens (including phenoxy) is 3. The molecular formula is C17H20N2O6S. The fourth-order valence-corrected chi connectivity index (χ4v) is 2.82. The second-order valence-electron chi connectivity index (χ2n) is 5.38. The molecule has 1 aliphatic rings. The molecular weight excluding hydrogens is 360 g/mol. The van der Waals surface area contributed by atoms with Gasteiger partial charge in [0.15, 0.2) is 23.2 Å². The number of nitrogens with one attached hydrogen (secondary N) is 2. The van der Waals surface area contributed by atoms with Crippen LogP contribution >= 0.6 is 12.2 Å². The van der Waals surface area contributed by atoms with Crippen molar-refractivity contribution in [3.05, 3.63) is 35.0 Å². The highest BCUT2D eigenvalue weighted by Crippen LogP contribution is 2.34. The highest BCUT2D eigenvalue weighted by molar-refractivity contribution is 7.80. The van der Waals surface area contributed by atoms with Crippen LogP contribution in [0, 0.1) is 0 Å². The lowest BCUT2D eigenvalue weighted by atomic mass is 9.95. The van der Waals surface area contributed by atoms with Gasteiger partial charge in [-0.05, 0) is 43.8 Å². The van der Waals surface area contributed by atoms with Gasteiger partial charge in [-0.25, -0.2) is 9.59 Å². The molecule has 3 N–H and O–H groups in total. The number of hydrogen-bond donors (Lipinski definition) is 3. The van der Waals surface area contributed by atoms with Crippen LogP contribution in [0.4, 0.5) is 0 Å². The number of aliphatic carboxylic acids is 1. The fourth-order valence-electron chi connectivity index (χ4n) is 2.55.